The number of rotatable bonds is 7. The Morgan fingerprint density at radius 1 is 1.19 bits per heavy atom. The molecule has 96 valence electrons. The van der Waals surface area contributed by atoms with Crippen LogP contribution in [0.25, 0.3) is 0 Å². The molecule has 2 N–H and O–H groups in total. The van der Waals surface area contributed by atoms with E-state index in [2.05, 4.69) is 29.4 Å². The van der Waals surface area contributed by atoms with Crippen molar-refractivity contribution in [3.8, 4) is 0 Å². The molecule has 0 amide bonds. The van der Waals surface area contributed by atoms with E-state index < -0.39 is 0 Å². The van der Waals surface area contributed by atoms with Crippen LogP contribution in [-0.4, -0.2) is 50.2 Å². The first-order valence-electron chi connectivity index (χ1n) is 7.03. The van der Waals surface area contributed by atoms with Crippen molar-refractivity contribution in [3.63, 3.8) is 0 Å². The normalized spacial score (nSPS) is 22.3. The molecule has 3 nitrogen and oxygen atoms in total. The minimum atomic E-state index is 0.746. The molecule has 0 saturated carbocycles. The minimum Gasteiger partial charge on any atom is -0.317 e. The third kappa shape index (κ3) is 5.83. The maximum atomic E-state index is 3.70. The number of hydrogen-bond donors (Lipinski definition) is 2. The van der Waals surface area contributed by atoms with Gasteiger partial charge in [-0.15, -0.1) is 0 Å². The predicted octanol–water partition coefficient (Wildman–Crippen LogP) is 1.45. The largest absolute Gasteiger partial charge is 0.317 e. The summed E-state index contributed by atoms with van der Waals surface area (Å²) in [6.07, 6.45) is 5.22. The molecule has 0 aromatic carbocycles. The van der Waals surface area contributed by atoms with Gasteiger partial charge in [0.1, 0.15) is 0 Å². The van der Waals surface area contributed by atoms with Crippen LogP contribution in [0, 0.1) is 0 Å². The summed E-state index contributed by atoms with van der Waals surface area (Å²) in [5, 5.41) is 7.16. The van der Waals surface area contributed by atoms with Crippen molar-refractivity contribution in [2.45, 2.75) is 45.6 Å². The standard InChI is InChI=1S/C13H29N3/c1-3-11-16(4-2)12-10-15-13-6-5-8-14-9-7-13/h13-15H,3-12H2,1-2H3. The third-order valence-electron chi connectivity index (χ3n) is 3.42. The average Bonchev–Trinajstić information content (AvgIpc) is 2.56. The van der Waals surface area contributed by atoms with Crippen molar-refractivity contribution in [1.29, 1.82) is 0 Å². The Morgan fingerprint density at radius 3 is 2.81 bits per heavy atom. The Hall–Kier alpha value is -0.120. The van der Waals surface area contributed by atoms with Gasteiger partial charge in [0.15, 0.2) is 0 Å². The molecule has 1 atom stereocenters. The van der Waals surface area contributed by atoms with Crippen LogP contribution >= 0.6 is 0 Å². The summed E-state index contributed by atoms with van der Waals surface area (Å²) in [6, 6.07) is 0.746. The van der Waals surface area contributed by atoms with Gasteiger partial charge in [-0.05, 0) is 51.9 Å². The lowest BCUT2D eigenvalue weighted by Gasteiger charge is -2.22. The van der Waals surface area contributed by atoms with E-state index in [9.17, 15) is 0 Å². The van der Waals surface area contributed by atoms with Gasteiger partial charge in [0.05, 0.1) is 0 Å². The fourth-order valence-corrected chi connectivity index (χ4v) is 2.39. The lowest BCUT2D eigenvalue weighted by molar-refractivity contribution is 0.280. The molecule has 1 unspecified atom stereocenters. The molecule has 16 heavy (non-hydrogen) atoms. The maximum absolute atomic E-state index is 3.70. The first kappa shape index (κ1) is 13.9. The second kappa shape index (κ2) is 8.97. The highest BCUT2D eigenvalue weighted by molar-refractivity contribution is 4.73. The zero-order valence-electron chi connectivity index (χ0n) is 11.1. The maximum Gasteiger partial charge on any atom is 0.0107 e. The van der Waals surface area contributed by atoms with Gasteiger partial charge in [-0.3, -0.25) is 0 Å². The van der Waals surface area contributed by atoms with Crippen molar-refractivity contribution >= 4 is 0 Å². The van der Waals surface area contributed by atoms with Crippen molar-refractivity contribution in [2.24, 2.45) is 0 Å². The zero-order valence-corrected chi connectivity index (χ0v) is 11.1. The molecule has 0 spiro atoms. The zero-order chi connectivity index (χ0) is 11.6. The van der Waals surface area contributed by atoms with E-state index in [1.807, 2.05) is 0 Å². The summed E-state index contributed by atoms with van der Waals surface area (Å²) in [5.74, 6) is 0. The lowest BCUT2D eigenvalue weighted by atomic mass is 10.1. The van der Waals surface area contributed by atoms with Gasteiger partial charge in [0.2, 0.25) is 0 Å². The van der Waals surface area contributed by atoms with E-state index in [0.717, 1.165) is 12.6 Å². The van der Waals surface area contributed by atoms with E-state index in [4.69, 9.17) is 0 Å². The number of hydrogen-bond acceptors (Lipinski definition) is 3. The first-order valence-corrected chi connectivity index (χ1v) is 7.03. The highest BCUT2D eigenvalue weighted by Gasteiger charge is 2.10. The van der Waals surface area contributed by atoms with Gasteiger partial charge < -0.3 is 15.5 Å². The first-order chi connectivity index (χ1) is 7.86. The second-order valence-corrected chi connectivity index (χ2v) is 4.77. The average molecular weight is 227 g/mol. The van der Waals surface area contributed by atoms with Crippen LogP contribution in [0.1, 0.15) is 39.5 Å². The van der Waals surface area contributed by atoms with E-state index >= 15 is 0 Å². The fourth-order valence-electron chi connectivity index (χ4n) is 2.39. The molecule has 0 aromatic rings. The van der Waals surface area contributed by atoms with E-state index in [1.54, 1.807) is 0 Å². The summed E-state index contributed by atoms with van der Waals surface area (Å²) in [4.78, 5) is 2.53. The van der Waals surface area contributed by atoms with Crippen molar-refractivity contribution in [2.75, 3.05) is 39.3 Å². The topological polar surface area (TPSA) is 27.3 Å². The Balaban J connectivity index is 2.08. The number of nitrogens with zero attached hydrogens (tertiary/aromatic N) is 1. The second-order valence-electron chi connectivity index (χ2n) is 4.77. The summed E-state index contributed by atoms with van der Waals surface area (Å²) >= 11 is 0. The van der Waals surface area contributed by atoms with Crippen LogP contribution in [0.2, 0.25) is 0 Å². The number of likely N-dealkylation sites (N-methyl/N-ethyl adjacent to an activating group) is 1. The summed E-state index contributed by atoms with van der Waals surface area (Å²) < 4.78 is 0. The van der Waals surface area contributed by atoms with Crippen LogP contribution in [0.4, 0.5) is 0 Å². The Morgan fingerprint density at radius 2 is 2.06 bits per heavy atom. The number of nitrogens with one attached hydrogen (secondary N) is 2. The molecule has 1 saturated heterocycles. The molecule has 1 aliphatic rings. The SMILES string of the molecule is CCCN(CC)CCNC1CCCNCC1. The summed E-state index contributed by atoms with van der Waals surface area (Å²) in [5.41, 5.74) is 0. The Labute approximate surface area is 101 Å². The molecule has 0 aromatic heterocycles. The van der Waals surface area contributed by atoms with Gasteiger partial charge in [-0.25, -0.2) is 0 Å². The van der Waals surface area contributed by atoms with Gasteiger partial charge in [0.25, 0.3) is 0 Å². The quantitative estimate of drug-likeness (QED) is 0.689. The summed E-state index contributed by atoms with van der Waals surface area (Å²) in [6.45, 7) is 11.7. The van der Waals surface area contributed by atoms with E-state index in [1.165, 1.54) is 58.4 Å². The Bertz CT molecular complexity index is 153. The van der Waals surface area contributed by atoms with E-state index in [-0.39, 0.29) is 0 Å². The summed E-state index contributed by atoms with van der Waals surface area (Å²) in [7, 11) is 0. The molecular weight excluding hydrogens is 198 g/mol. The van der Waals surface area contributed by atoms with Crippen molar-refractivity contribution in [1.82, 2.24) is 15.5 Å². The fraction of sp³-hybridized carbons (Fsp3) is 1.00. The van der Waals surface area contributed by atoms with Gasteiger partial charge in [-0.1, -0.05) is 13.8 Å². The molecule has 0 aliphatic carbocycles. The van der Waals surface area contributed by atoms with E-state index in [0.29, 0.717) is 0 Å². The molecule has 0 bridgehead atoms. The van der Waals surface area contributed by atoms with Crippen molar-refractivity contribution < 1.29 is 0 Å². The Kier molecular flexibility index (Phi) is 7.81. The van der Waals surface area contributed by atoms with Crippen LogP contribution in [0.3, 0.4) is 0 Å². The smallest absolute Gasteiger partial charge is 0.0107 e. The highest BCUT2D eigenvalue weighted by atomic mass is 15.1. The molecule has 0 radical (unpaired) electrons. The van der Waals surface area contributed by atoms with Gasteiger partial charge in [0, 0.05) is 19.1 Å². The monoisotopic (exact) mass is 227 g/mol. The van der Waals surface area contributed by atoms with Crippen LogP contribution in [0.5, 0.6) is 0 Å². The van der Waals surface area contributed by atoms with Gasteiger partial charge >= 0.3 is 0 Å². The lowest BCUT2D eigenvalue weighted by Crippen LogP contribution is -2.37. The third-order valence-corrected chi connectivity index (χ3v) is 3.42. The molecule has 1 fully saturated rings. The molecule has 3 heteroatoms. The van der Waals surface area contributed by atoms with Crippen LogP contribution in [-0.2, 0) is 0 Å². The predicted molar refractivity (Wildman–Crippen MR) is 70.9 cm³/mol. The molecular formula is C13H29N3. The van der Waals surface area contributed by atoms with Crippen molar-refractivity contribution in [3.05, 3.63) is 0 Å². The molecule has 1 rings (SSSR count). The van der Waals surface area contributed by atoms with Gasteiger partial charge in [-0.2, -0.15) is 0 Å². The van der Waals surface area contributed by atoms with Crippen LogP contribution in [0.15, 0.2) is 0 Å². The highest BCUT2D eigenvalue weighted by Crippen LogP contribution is 2.04. The molecule has 1 heterocycles. The van der Waals surface area contributed by atoms with Crippen LogP contribution < -0.4 is 10.6 Å². The minimum absolute atomic E-state index is 0.746. The molecule has 1 aliphatic heterocycles.